The van der Waals surface area contributed by atoms with Crippen LogP contribution in [0.5, 0.6) is 0 Å². The van der Waals surface area contributed by atoms with E-state index >= 15 is 0 Å². The topological polar surface area (TPSA) is 34.9 Å². The number of benzene rings is 1. The van der Waals surface area contributed by atoms with Crippen molar-refractivity contribution in [2.45, 2.75) is 23.9 Å². The molecule has 0 bridgehead atoms. The summed E-state index contributed by atoms with van der Waals surface area (Å²) >= 11 is 1.67. The maximum atomic E-state index is 12.1. The van der Waals surface area contributed by atoms with Gasteiger partial charge >= 0.3 is 0 Å². The highest BCUT2D eigenvalue weighted by atomic mass is 32.2. The molecule has 1 aromatic heterocycles. The van der Waals surface area contributed by atoms with E-state index in [1.165, 1.54) is 0 Å². The minimum Gasteiger partial charge on any atom is -0.286 e. The zero-order valence-electron chi connectivity index (χ0n) is 8.30. The molecule has 2 heterocycles. The number of hydrogen-bond donors (Lipinski definition) is 0. The van der Waals surface area contributed by atoms with Gasteiger partial charge in [0.05, 0.1) is 10.9 Å². The molecular formula is C11H10N2OS. The largest absolute Gasteiger partial charge is 0.286 e. The minimum atomic E-state index is 0.0902. The molecule has 0 saturated heterocycles. The average molecular weight is 218 g/mol. The Hall–Kier alpha value is -1.29. The van der Waals surface area contributed by atoms with Gasteiger partial charge in [-0.1, -0.05) is 30.8 Å². The standard InChI is InChI=1S/C11H10N2OS/c1-7-6-13-10(14)8-4-2-3-5-9(8)12-11(13)15-7/h2-5,7H,6H2,1H3. The molecule has 3 rings (SSSR count). The van der Waals surface area contributed by atoms with Crippen LogP contribution in [-0.4, -0.2) is 14.8 Å². The summed E-state index contributed by atoms with van der Waals surface area (Å²) in [5.41, 5.74) is 0.891. The summed E-state index contributed by atoms with van der Waals surface area (Å²) < 4.78 is 1.78. The average Bonchev–Trinajstić information content (AvgIpc) is 2.59. The van der Waals surface area contributed by atoms with Gasteiger partial charge in [0, 0.05) is 11.8 Å². The number of aromatic nitrogens is 2. The van der Waals surface area contributed by atoms with Crippen molar-refractivity contribution in [2.75, 3.05) is 0 Å². The second-order valence-corrected chi connectivity index (χ2v) is 5.16. The van der Waals surface area contributed by atoms with Crippen molar-refractivity contribution in [3.05, 3.63) is 34.6 Å². The number of thioether (sulfide) groups is 1. The Morgan fingerprint density at radius 1 is 1.47 bits per heavy atom. The van der Waals surface area contributed by atoms with Crippen LogP contribution in [0, 0.1) is 0 Å². The normalized spacial score (nSPS) is 19.4. The molecule has 76 valence electrons. The predicted octanol–water partition coefficient (Wildman–Crippen LogP) is 1.89. The Kier molecular flexibility index (Phi) is 1.85. The number of rotatable bonds is 0. The van der Waals surface area contributed by atoms with Gasteiger partial charge in [0.15, 0.2) is 5.16 Å². The predicted molar refractivity (Wildman–Crippen MR) is 61.3 cm³/mol. The van der Waals surface area contributed by atoms with Gasteiger partial charge in [0.1, 0.15) is 0 Å². The van der Waals surface area contributed by atoms with Crippen molar-refractivity contribution in [2.24, 2.45) is 0 Å². The highest BCUT2D eigenvalue weighted by Gasteiger charge is 2.21. The van der Waals surface area contributed by atoms with Crippen LogP contribution in [0.3, 0.4) is 0 Å². The summed E-state index contributed by atoms with van der Waals surface area (Å²) in [6, 6.07) is 7.52. The number of fused-ring (bicyclic) bond motifs is 2. The maximum Gasteiger partial charge on any atom is 0.262 e. The first-order chi connectivity index (χ1) is 7.25. The van der Waals surface area contributed by atoms with E-state index in [1.54, 1.807) is 16.3 Å². The highest BCUT2D eigenvalue weighted by molar-refractivity contribution is 7.99. The molecule has 0 N–H and O–H groups in total. The third-order valence-electron chi connectivity index (χ3n) is 2.57. The molecule has 1 aromatic carbocycles. The Morgan fingerprint density at radius 3 is 3.13 bits per heavy atom. The van der Waals surface area contributed by atoms with Crippen molar-refractivity contribution in [1.82, 2.24) is 9.55 Å². The molecule has 0 saturated carbocycles. The second kappa shape index (κ2) is 3.10. The lowest BCUT2D eigenvalue weighted by atomic mass is 10.2. The fraction of sp³-hybridized carbons (Fsp3) is 0.273. The van der Waals surface area contributed by atoms with Crippen LogP contribution in [0.1, 0.15) is 6.92 Å². The Morgan fingerprint density at radius 2 is 2.27 bits per heavy atom. The van der Waals surface area contributed by atoms with E-state index in [-0.39, 0.29) is 5.56 Å². The van der Waals surface area contributed by atoms with Crippen LogP contribution >= 0.6 is 11.8 Å². The van der Waals surface area contributed by atoms with E-state index in [9.17, 15) is 4.79 Å². The van der Waals surface area contributed by atoms with Crippen molar-refractivity contribution in [3.8, 4) is 0 Å². The van der Waals surface area contributed by atoms with Crippen molar-refractivity contribution < 1.29 is 0 Å². The summed E-state index contributed by atoms with van der Waals surface area (Å²) in [7, 11) is 0. The van der Waals surface area contributed by atoms with Crippen molar-refractivity contribution >= 4 is 22.7 Å². The molecule has 0 amide bonds. The molecule has 0 radical (unpaired) electrons. The monoisotopic (exact) mass is 218 g/mol. The van der Waals surface area contributed by atoms with Crippen molar-refractivity contribution in [3.63, 3.8) is 0 Å². The van der Waals surface area contributed by atoms with Gasteiger partial charge in [0.2, 0.25) is 0 Å². The fourth-order valence-electron chi connectivity index (χ4n) is 1.87. The molecule has 2 aromatic rings. The van der Waals surface area contributed by atoms with E-state index < -0.39 is 0 Å². The van der Waals surface area contributed by atoms with Gasteiger partial charge in [-0.25, -0.2) is 4.98 Å². The van der Waals surface area contributed by atoms with Gasteiger partial charge in [-0.05, 0) is 12.1 Å². The Bertz CT molecular complexity index is 591. The number of para-hydroxylation sites is 1. The highest BCUT2D eigenvalue weighted by Crippen LogP contribution is 2.29. The molecule has 0 fully saturated rings. The number of hydrogen-bond acceptors (Lipinski definition) is 3. The zero-order chi connectivity index (χ0) is 10.4. The molecule has 0 spiro atoms. The summed E-state index contributed by atoms with van der Waals surface area (Å²) in [5.74, 6) is 0. The molecule has 15 heavy (non-hydrogen) atoms. The van der Waals surface area contributed by atoms with Crippen LogP contribution in [0.4, 0.5) is 0 Å². The van der Waals surface area contributed by atoms with Gasteiger partial charge in [-0.15, -0.1) is 0 Å². The Balaban J connectivity index is 2.40. The zero-order valence-corrected chi connectivity index (χ0v) is 9.12. The second-order valence-electron chi connectivity index (χ2n) is 3.76. The lowest BCUT2D eigenvalue weighted by Gasteiger charge is -2.02. The Labute approximate surface area is 91.1 Å². The molecule has 3 nitrogen and oxygen atoms in total. The third kappa shape index (κ3) is 1.28. The van der Waals surface area contributed by atoms with Crippen molar-refractivity contribution in [1.29, 1.82) is 0 Å². The fourth-order valence-corrected chi connectivity index (χ4v) is 2.89. The van der Waals surface area contributed by atoms with Gasteiger partial charge < -0.3 is 0 Å². The smallest absolute Gasteiger partial charge is 0.262 e. The molecule has 1 aliphatic heterocycles. The van der Waals surface area contributed by atoms with Crippen LogP contribution in [0.2, 0.25) is 0 Å². The van der Waals surface area contributed by atoms with Gasteiger partial charge in [0.25, 0.3) is 5.56 Å². The van der Waals surface area contributed by atoms with Gasteiger partial charge in [-0.2, -0.15) is 0 Å². The molecule has 1 unspecified atom stereocenters. The molecule has 4 heteroatoms. The molecule has 1 atom stereocenters. The molecule has 0 aliphatic carbocycles. The first kappa shape index (κ1) is 8.97. The van der Waals surface area contributed by atoms with Crippen LogP contribution in [0.25, 0.3) is 10.9 Å². The van der Waals surface area contributed by atoms with E-state index in [4.69, 9.17) is 0 Å². The quantitative estimate of drug-likeness (QED) is 0.633. The minimum absolute atomic E-state index is 0.0902. The first-order valence-corrected chi connectivity index (χ1v) is 5.80. The summed E-state index contributed by atoms with van der Waals surface area (Å²) in [5, 5.41) is 2.02. The molecule has 1 aliphatic rings. The van der Waals surface area contributed by atoms with Crippen LogP contribution in [-0.2, 0) is 6.54 Å². The van der Waals surface area contributed by atoms with Gasteiger partial charge in [-0.3, -0.25) is 9.36 Å². The lowest BCUT2D eigenvalue weighted by Crippen LogP contribution is -2.21. The van der Waals surface area contributed by atoms with E-state index in [2.05, 4.69) is 11.9 Å². The van der Waals surface area contributed by atoms with Crippen LogP contribution in [0.15, 0.2) is 34.2 Å². The first-order valence-electron chi connectivity index (χ1n) is 4.92. The van der Waals surface area contributed by atoms with E-state index in [0.29, 0.717) is 5.25 Å². The summed E-state index contributed by atoms with van der Waals surface area (Å²) in [6.45, 7) is 2.89. The van der Waals surface area contributed by atoms with Crippen LogP contribution < -0.4 is 5.56 Å². The van der Waals surface area contributed by atoms with E-state index in [1.807, 2.05) is 24.3 Å². The maximum absolute atomic E-state index is 12.1. The summed E-state index contributed by atoms with van der Waals surface area (Å²) in [4.78, 5) is 16.6. The summed E-state index contributed by atoms with van der Waals surface area (Å²) in [6.07, 6.45) is 0. The van der Waals surface area contributed by atoms with E-state index in [0.717, 1.165) is 22.6 Å². The lowest BCUT2D eigenvalue weighted by molar-refractivity contribution is 0.629. The number of nitrogens with zero attached hydrogens (tertiary/aromatic N) is 2. The third-order valence-corrected chi connectivity index (χ3v) is 3.65. The SMILES string of the molecule is CC1Cn2c(nc3ccccc3c2=O)S1. The molecular weight excluding hydrogens is 208 g/mol.